The fourth-order valence-electron chi connectivity index (χ4n) is 3.53. The van der Waals surface area contributed by atoms with Gasteiger partial charge in [-0.25, -0.2) is 9.97 Å². The summed E-state index contributed by atoms with van der Waals surface area (Å²) in [5, 5.41) is 0. The first-order chi connectivity index (χ1) is 13.5. The lowest BCUT2D eigenvalue weighted by atomic mass is 10.1. The first-order valence-corrected chi connectivity index (χ1v) is 10.2. The van der Waals surface area contributed by atoms with E-state index in [4.69, 9.17) is 0 Å². The van der Waals surface area contributed by atoms with Gasteiger partial charge in [-0.05, 0) is 32.9 Å². The van der Waals surface area contributed by atoms with Crippen LogP contribution in [0.1, 0.15) is 42.6 Å². The van der Waals surface area contributed by atoms with Gasteiger partial charge in [0, 0.05) is 44.8 Å². The molecule has 1 fully saturated rings. The molecule has 150 valence electrons. The molecule has 0 aliphatic carbocycles. The average molecular weight is 382 g/mol. The molecule has 0 saturated carbocycles. The molecule has 1 aromatic carbocycles. The summed E-state index contributed by atoms with van der Waals surface area (Å²) in [5.74, 6) is 1.45. The smallest absolute Gasteiger partial charge is 0.273 e. The lowest BCUT2D eigenvalue weighted by molar-refractivity contribution is 0.0683. The molecular weight excluding hydrogens is 350 g/mol. The molecule has 1 saturated heterocycles. The molecule has 2 aromatic rings. The zero-order valence-electron chi connectivity index (χ0n) is 17.4. The van der Waals surface area contributed by atoms with Crippen molar-refractivity contribution in [3.63, 3.8) is 0 Å². The van der Waals surface area contributed by atoms with Crippen molar-refractivity contribution < 1.29 is 4.79 Å². The maximum absolute atomic E-state index is 13.3. The first kappa shape index (κ1) is 20.3. The highest BCUT2D eigenvalue weighted by molar-refractivity contribution is 5.93. The Morgan fingerprint density at radius 3 is 2.39 bits per heavy atom. The number of benzene rings is 1. The molecule has 1 aliphatic rings. The summed E-state index contributed by atoms with van der Waals surface area (Å²) in [6.45, 7) is 13.7. The Bertz CT molecular complexity index is 785. The summed E-state index contributed by atoms with van der Waals surface area (Å²) in [5.41, 5.74) is 1.59. The van der Waals surface area contributed by atoms with Crippen LogP contribution in [0.3, 0.4) is 0 Å². The zero-order chi connectivity index (χ0) is 20.1. The van der Waals surface area contributed by atoms with Gasteiger partial charge in [0.25, 0.3) is 5.91 Å². The van der Waals surface area contributed by atoms with Gasteiger partial charge < -0.3 is 14.7 Å². The van der Waals surface area contributed by atoms with Crippen LogP contribution >= 0.6 is 0 Å². The molecule has 0 spiro atoms. The number of carbonyl (C=O) groups excluding carboxylic acids is 1. The Morgan fingerprint density at radius 2 is 1.79 bits per heavy atom. The predicted octanol–water partition coefficient (Wildman–Crippen LogP) is 2.98. The van der Waals surface area contributed by atoms with E-state index in [9.17, 15) is 4.79 Å². The fraction of sp³-hybridized carbons (Fsp3) is 0.500. The Kier molecular flexibility index (Phi) is 6.62. The molecule has 6 nitrogen and oxygen atoms in total. The minimum absolute atomic E-state index is 0.0437. The van der Waals surface area contributed by atoms with Crippen molar-refractivity contribution in [2.45, 2.75) is 40.3 Å². The molecule has 1 aromatic heterocycles. The number of aromatic nitrogens is 2. The van der Waals surface area contributed by atoms with Crippen LogP contribution in [-0.2, 0) is 6.54 Å². The van der Waals surface area contributed by atoms with Crippen molar-refractivity contribution in [1.82, 2.24) is 19.8 Å². The number of aryl methyl sites for hydroxylation is 1. The normalized spacial score (nSPS) is 15.1. The number of hydrogen-bond donors (Lipinski definition) is 0. The molecule has 3 rings (SSSR count). The van der Waals surface area contributed by atoms with E-state index in [0.29, 0.717) is 18.1 Å². The molecule has 2 heterocycles. The van der Waals surface area contributed by atoms with Crippen LogP contribution in [0.2, 0.25) is 0 Å². The van der Waals surface area contributed by atoms with E-state index in [1.807, 2.05) is 62.1 Å². The number of anilines is 1. The van der Waals surface area contributed by atoms with E-state index >= 15 is 0 Å². The van der Waals surface area contributed by atoms with Crippen LogP contribution in [0.4, 0.5) is 5.82 Å². The van der Waals surface area contributed by atoms with Gasteiger partial charge in [-0.1, -0.05) is 37.3 Å². The fourth-order valence-corrected chi connectivity index (χ4v) is 3.53. The number of likely N-dealkylation sites (N-methyl/N-ethyl adjacent to an activating group) is 1. The van der Waals surface area contributed by atoms with Gasteiger partial charge in [0.15, 0.2) is 0 Å². The Morgan fingerprint density at radius 1 is 1.11 bits per heavy atom. The molecule has 1 amide bonds. The maximum atomic E-state index is 13.3. The van der Waals surface area contributed by atoms with Gasteiger partial charge in [0.1, 0.15) is 17.3 Å². The topological polar surface area (TPSA) is 52.6 Å². The lowest BCUT2D eigenvalue weighted by Gasteiger charge is -2.35. The highest BCUT2D eigenvalue weighted by Crippen LogP contribution is 2.18. The van der Waals surface area contributed by atoms with E-state index in [1.165, 1.54) is 0 Å². The Labute approximate surface area is 168 Å². The zero-order valence-corrected chi connectivity index (χ0v) is 17.4. The van der Waals surface area contributed by atoms with Crippen molar-refractivity contribution in [1.29, 1.82) is 0 Å². The van der Waals surface area contributed by atoms with Crippen molar-refractivity contribution in [2.75, 3.05) is 37.6 Å². The van der Waals surface area contributed by atoms with Crippen molar-refractivity contribution in [2.24, 2.45) is 0 Å². The van der Waals surface area contributed by atoms with E-state index in [1.54, 1.807) is 0 Å². The van der Waals surface area contributed by atoms with Crippen LogP contribution in [0.15, 0.2) is 36.4 Å². The summed E-state index contributed by atoms with van der Waals surface area (Å²) in [4.78, 5) is 28.9. The van der Waals surface area contributed by atoms with Crippen LogP contribution in [-0.4, -0.2) is 64.4 Å². The second-order valence-electron chi connectivity index (χ2n) is 7.59. The molecule has 0 bridgehead atoms. The first-order valence-electron chi connectivity index (χ1n) is 10.2. The van der Waals surface area contributed by atoms with Crippen LogP contribution in [0.5, 0.6) is 0 Å². The lowest BCUT2D eigenvalue weighted by Crippen LogP contribution is -2.46. The Hall–Kier alpha value is -2.47. The van der Waals surface area contributed by atoms with Gasteiger partial charge in [0.2, 0.25) is 0 Å². The van der Waals surface area contributed by atoms with Gasteiger partial charge in [-0.15, -0.1) is 0 Å². The van der Waals surface area contributed by atoms with Crippen LogP contribution in [0, 0.1) is 6.92 Å². The van der Waals surface area contributed by atoms with Crippen molar-refractivity contribution >= 4 is 11.7 Å². The molecular formula is C22H31N5O. The van der Waals surface area contributed by atoms with Gasteiger partial charge in [-0.3, -0.25) is 4.79 Å². The SMILES string of the molecule is CCN1CCN(c2cc(C(=O)N(Cc3ccccc3)C(C)C)nc(C)n2)CC1. The number of rotatable bonds is 6. The molecule has 28 heavy (non-hydrogen) atoms. The predicted molar refractivity (Wildman–Crippen MR) is 113 cm³/mol. The molecule has 0 atom stereocenters. The summed E-state index contributed by atoms with van der Waals surface area (Å²) in [6.07, 6.45) is 0. The van der Waals surface area contributed by atoms with Crippen LogP contribution in [0.25, 0.3) is 0 Å². The Balaban J connectivity index is 1.81. The van der Waals surface area contributed by atoms with E-state index in [2.05, 4.69) is 26.7 Å². The van der Waals surface area contributed by atoms with E-state index in [0.717, 1.165) is 44.1 Å². The number of nitrogens with zero attached hydrogens (tertiary/aromatic N) is 5. The average Bonchev–Trinajstić information content (AvgIpc) is 2.71. The molecule has 1 aliphatic heterocycles. The number of carbonyl (C=O) groups is 1. The summed E-state index contributed by atoms with van der Waals surface area (Å²) in [7, 11) is 0. The maximum Gasteiger partial charge on any atom is 0.273 e. The van der Waals surface area contributed by atoms with Crippen LogP contribution < -0.4 is 4.90 Å². The van der Waals surface area contributed by atoms with E-state index < -0.39 is 0 Å². The third kappa shape index (κ3) is 4.87. The number of hydrogen-bond acceptors (Lipinski definition) is 5. The highest BCUT2D eigenvalue weighted by Gasteiger charge is 2.23. The monoisotopic (exact) mass is 381 g/mol. The molecule has 0 unspecified atom stereocenters. The van der Waals surface area contributed by atoms with Crippen molar-refractivity contribution in [3.8, 4) is 0 Å². The van der Waals surface area contributed by atoms with E-state index in [-0.39, 0.29) is 11.9 Å². The third-order valence-corrected chi connectivity index (χ3v) is 5.27. The van der Waals surface area contributed by atoms with Crippen molar-refractivity contribution in [3.05, 3.63) is 53.5 Å². The van der Waals surface area contributed by atoms with Gasteiger partial charge in [0.05, 0.1) is 0 Å². The second kappa shape index (κ2) is 9.15. The number of amides is 1. The number of piperazine rings is 1. The van der Waals surface area contributed by atoms with Gasteiger partial charge >= 0.3 is 0 Å². The summed E-state index contributed by atoms with van der Waals surface area (Å²) < 4.78 is 0. The molecule has 6 heteroatoms. The summed E-state index contributed by atoms with van der Waals surface area (Å²) in [6, 6.07) is 12.0. The minimum atomic E-state index is -0.0437. The summed E-state index contributed by atoms with van der Waals surface area (Å²) >= 11 is 0. The second-order valence-corrected chi connectivity index (χ2v) is 7.59. The largest absolute Gasteiger partial charge is 0.354 e. The third-order valence-electron chi connectivity index (χ3n) is 5.27. The standard InChI is InChI=1S/C22H31N5O/c1-5-25-11-13-26(14-12-25)21-15-20(23-18(4)24-21)22(28)27(17(2)3)16-19-9-7-6-8-10-19/h6-10,15,17H,5,11-14,16H2,1-4H3. The quantitative estimate of drug-likeness (QED) is 0.770. The van der Waals surface area contributed by atoms with Gasteiger partial charge in [-0.2, -0.15) is 0 Å². The molecule has 0 N–H and O–H groups in total. The molecule has 0 radical (unpaired) electrons. The minimum Gasteiger partial charge on any atom is -0.354 e. The highest BCUT2D eigenvalue weighted by atomic mass is 16.2.